The molecule has 4 rings (SSSR count). The number of aliphatic imine (C=N–C) groups is 1. The molecule has 1 heterocycles. The van der Waals surface area contributed by atoms with Crippen LogP contribution in [0, 0.1) is 5.92 Å². The lowest BCUT2D eigenvalue weighted by atomic mass is 9.63. The van der Waals surface area contributed by atoms with Crippen molar-refractivity contribution in [2.24, 2.45) is 10.9 Å². The van der Waals surface area contributed by atoms with Crippen molar-refractivity contribution < 1.29 is 4.74 Å². The fourth-order valence-electron chi connectivity index (χ4n) is 5.01. The van der Waals surface area contributed by atoms with Gasteiger partial charge in [0.1, 0.15) is 11.3 Å². The highest BCUT2D eigenvalue weighted by Gasteiger charge is 2.46. The van der Waals surface area contributed by atoms with Crippen LogP contribution in [-0.4, -0.2) is 17.8 Å². The van der Waals surface area contributed by atoms with Gasteiger partial charge in [0.25, 0.3) is 0 Å². The molecule has 0 amide bonds. The van der Waals surface area contributed by atoms with Crippen LogP contribution in [0.4, 0.5) is 0 Å². The predicted octanol–water partition coefficient (Wildman–Crippen LogP) is 5.83. The number of benzene rings is 1. The molecule has 1 N–H and O–H groups in total. The second-order valence-corrected chi connectivity index (χ2v) is 8.44. The quantitative estimate of drug-likeness (QED) is 0.359. The van der Waals surface area contributed by atoms with Crippen molar-refractivity contribution >= 4 is 18.0 Å². The van der Waals surface area contributed by atoms with Gasteiger partial charge >= 0.3 is 0 Å². The van der Waals surface area contributed by atoms with Gasteiger partial charge in [-0.15, -0.1) is 0 Å². The van der Waals surface area contributed by atoms with E-state index in [1.165, 1.54) is 11.1 Å². The normalized spacial score (nSPS) is 23.4. The Bertz CT molecular complexity index is 1190. The van der Waals surface area contributed by atoms with Gasteiger partial charge in [-0.1, -0.05) is 54.6 Å². The van der Waals surface area contributed by atoms with E-state index in [2.05, 4.69) is 37.6 Å². The molecule has 2 aliphatic rings. The summed E-state index contributed by atoms with van der Waals surface area (Å²) in [7, 11) is 0. The molecule has 2 unspecified atom stereocenters. The van der Waals surface area contributed by atoms with Crippen LogP contribution in [0.25, 0.3) is 11.8 Å². The first kappa shape index (κ1) is 21.8. The van der Waals surface area contributed by atoms with Gasteiger partial charge in [-0.2, -0.15) is 0 Å². The molecule has 4 nitrogen and oxygen atoms in total. The van der Waals surface area contributed by atoms with Crippen LogP contribution in [0.3, 0.4) is 0 Å². The molecule has 0 radical (unpaired) electrons. The number of H-pyrrole nitrogens is 1. The summed E-state index contributed by atoms with van der Waals surface area (Å²) < 4.78 is 5.47. The Balaban J connectivity index is 1.64. The van der Waals surface area contributed by atoms with Crippen LogP contribution in [0.15, 0.2) is 82.1 Å². The molecule has 2 atom stereocenters. The number of hydrogen-bond donors (Lipinski definition) is 1. The molecule has 0 spiro atoms. The monoisotopic (exact) mass is 426 g/mol. The zero-order valence-electron chi connectivity index (χ0n) is 19.0. The number of aromatic amines is 1. The average Bonchev–Trinajstić information content (AvgIpc) is 2.76. The second-order valence-electron chi connectivity index (χ2n) is 8.44. The number of allylic oxidation sites excluding steroid dienone is 3. The number of rotatable bonds is 6. The molecule has 32 heavy (non-hydrogen) atoms. The number of ether oxygens (including phenoxy) is 1. The third-order valence-electron chi connectivity index (χ3n) is 6.30. The van der Waals surface area contributed by atoms with E-state index in [0.717, 1.165) is 35.2 Å². The van der Waals surface area contributed by atoms with Gasteiger partial charge in [-0.05, 0) is 50.5 Å². The Hall–Kier alpha value is -3.40. The molecule has 0 saturated heterocycles. The van der Waals surface area contributed by atoms with E-state index < -0.39 is 5.54 Å². The van der Waals surface area contributed by atoms with Crippen LogP contribution < -0.4 is 5.56 Å². The number of aromatic nitrogens is 1. The summed E-state index contributed by atoms with van der Waals surface area (Å²) in [4.78, 5) is 20.1. The lowest BCUT2D eigenvalue weighted by Gasteiger charge is -2.45. The van der Waals surface area contributed by atoms with E-state index in [-0.39, 0.29) is 11.5 Å². The summed E-state index contributed by atoms with van der Waals surface area (Å²) in [5.41, 5.74) is 6.31. The number of hydrogen-bond acceptors (Lipinski definition) is 3. The summed E-state index contributed by atoms with van der Waals surface area (Å²) in [6, 6.07) is 11.7. The number of nitrogens with one attached hydrogen (secondary N) is 1. The highest BCUT2D eigenvalue weighted by Crippen LogP contribution is 2.51. The van der Waals surface area contributed by atoms with E-state index in [4.69, 9.17) is 9.73 Å². The van der Waals surface area contributed by atoms with Gasteiger partial charge < -0.3 is 9.72 Å². The Morgan fingerprint density at radius 2 is 2.06 bits per heavy atom. The van der Waals surface area contributed by atoms with Gasteiger partial charge in [0, 0.05) is 41.4 Å². The van der Waals surface area contributed by atoms with Crippen molar-refractivity contribution in [1.82, 2.24) is 4.98 Å². The molecule has 1 aromatic carbocycles. The van der Waals surface area contributed by atoms with Gasteiger partial charge in [0.15, 0.2) is 0 Å². The molecule has 2 aromatic rings. The van der Waals surface area contributed by atoms with Crippen molar-refractivity contribution in [3.63, 3.8) is 0 Å². The smallest absolute Gasteiger partial charge is 0.248 e. The van der Waals surface area contributed by atoms with Crippen LogP contribution >= 0.6 is 0 Å². The second kappa shape index (κ2) is 8.99. The molecule has 4 heteroatoms. The minimum atomic E-state index is -0.459. The van der Waals surface area contributed by atoms with Crippen molar-refractivity contribution in [2.45, 2.75) is 39.2 Å². The Morgan fingerprint density at radius 1 is 1.28 bits per heavy atom. The summed E-state index contributed by atoms with van der Waals surface area (Å²) in [5, 5.41) is 0. The first-order chi connectivity index (χ1) is 15.5. The maximum absolute atomic E-state index is 12.0. The van der Waals surface area contributed by atoms with Crippen molar-refractivity contribution in [3.05, 3.63) is 105 Å². The predicted molar refractivity (Wildman–Crippen MR) is 133 cm³/mol. The molecular weight excluding hydrogens is 396 g/mol. The van der Waals surface area contributed by atoms with Crippen LogP contribution in [0.5, 0.6) is 0 Å². The molecule has 0 fully saturated rings. The summed E-state index contributed by atoms with van der Waals surface area (Å²) in [6.45, 7) is 10.8. The van der Waals surface area contributed by atoms with Crippen molar-refractivity contribution in [1.29, 1.82) is 0 Å². The number of pyridine rings is 1. The van der Waals surface area contributed by atoms with Crippen LogP contribution in [0.1, 0.15) is 49.6 Å². The van der Waals surface area contributed by atoms with Gasteiger partial charge in [-0.3, -0.25) is 9.79 Å². The largest absolute Gasteiger partial charge is 0.494 e. The van der Waals surface area contributed by atoms with Crippen LogP contribution in [0.2, 0.25) is 0 Å². The highest BCUT2D eigenvalue weighted by atomic mass is 16.5. The zero-order chi connectivity index (χ0) is 22.7. The van der Waals surface area contributed by atoms with Crippen molar-refractivity contribution in [3.8, 4) is 0 Å². The third-order valence-corrected chi connectivity index (χ3v) is 6.30. The zero-order valence-corrected chi connectivity index (χ0v) is 19.0. The topological polar surface area (TPSA) is 54.4 Å². The summed E-state index contributed by atoms with van der Waals surface area (Å²) in [6.07, 6.45) is 12.1. The molecular formula is C28H30N2O2. The number of fused-ring (bicyclic) bond motifs is 4. The van der Waals surface area contributed by atoms with E-state index in [1.807, 2.05) is 55.6 Å². The average molecular weight is 427 g/mol. The SMILES string of the molecule is C=C(OCC)c1ccc(/C=C/C=NC23CC(C)=CC(Cc4[nH]c(=O)ccc42)/C3=C\C)cc1. The fourth-order valence-corrected chi connectivity index (χ4v) is 5.01. The Morgan fingerprint density at radius 3 is 2.78 bits per heavy atom. The fraction of sp³-hybridized carbons (Fsp3) is 0.286. The van der Waals surface area contributed by atoms with E-state index in [9.17, 15) is 4.79 Å². The molecule has 1 aromatic heterocycles. The van der Waals surface area contributed by atoms with E-state index in [1.54, 1.807) is 6.07 Å². The Labute approximate surface area is 189 Å². The minimum absolute atomic E-state index is 0.0547. The van der Waals surface area contributed by atoms with Crippen molar-refractivity contribution in [2.75, 3.05) is 6.61 Å². The molecule has 0 aliphatic heterocycles. The summed E-state index contributed by atoms with van der Waals surface area (Å²) in [5.74, 6) is 0.957. The third kappa shape index (κ3) is 4.05. The minimum Gasteiger partial charge on any atom is -0.494 e. The number of nitrogens with zero attached hydrogens (tertiary/aromatic N) is 1. The standard InChI is InChI=1S/C28H30N2O2/c1-5-24-23-16-19(3)18-28(24,25-13-14-27(31)30-26(25)17-23)29-15-7-8-21-9-11-22(12-10-21)20(4)32-6-2/h5,7-16,23H,4,6,17-18H2,1-3H3,(H,30,31)/b8-7+,24-5+,29-15?. The first-order valence-electron chi connectivity index (χ1n) is 11.2. The lowest BCUT2D eigenvalue weighted by molar-refractivity contribution is 0.299. The van der Waals surface area contributed by atoms with Gasteiger partial charge in [-0.25, -0.2) is 0 Å². The maximum Gasteiger partial charge on any atom is 0.248 e. The first-order valence-corrected chi connectivity index (χ1v) is 11.2. The lowest BCUT2D eigenvalue weighted by Crippen LogP contribution is -2.40. The van der Waals surface area contributed by atoms with Gasteiger partial charge in [0.2, 0.25) is 5.56 Å². The van der Waals surface area contributed by atoms with Gasteiger partial charge in [0.05, 0.1) is 6.61 Å². The summed E-state index contributed by atoms with van der Waals surface area (Å²) >= 11 is 0. The van der Waals surface area contributed by atoms with E-state index >= 15 is 0 Å². The molecule has 2 bridgehead atoms. The Kier molecular flexibility index (Phi) is 6.13. The maximum atomic E-state index is 12.0. The molecule has 2 aliphatic carbocycles. The molecule has 164 valence electrons. The highest BCUT2D eigenvalue weighted by molar-refractivity contribution is 5.79. The molecule has 0 saturated carbocycles. The van der Waals surface area contributed by atoms with E-state index in [0.29, 0.717) is 12.4 Å². The van der Waals surface area contributed by atoms with Crippen LogP contribution in [-0.2, 0) is 16.7 Å².